The van der Waals surface area contributed by atoms with E-state index in [1.807, 2.05) is 18.2 Å². The van der Waals surface area contributed by atoms with Gasteiger partial charge in [0.2, 0.25) is 0 Å². The maximum Gasteiger partial charge on any atom is 0.137 e. The van der Waals surface area contributed by atoms with Gasteiger partial charge in [-0.15, -0.1) is 0 Å². The van der Waals surface area contributed by atoms with Crippen LogP contribution in [0, 0.1) is 0 Å². The first-order valence-electron chi connectivity index (χ1n) is 4.89. The molecule has 2 nitrogen and oxygen atoms in total. The Kier molecular flexibility index (Phi) is 3.61. The van der Waals surface area contributed by atoms with Gasteiger partial charge in [0, 0.05) is 12.3 Å². The van der Waals surface area contributed by atoms with Gasteiger partial charge in [0.05, 0.1) is 12.6 Å². The summed E-state index contributed by atoms with van der Waals surface area (Å²) in [4.78, 5) is 2.11. The highest BCUT2D eigenvalue weighted by atomic mass is 32.2. The fourth-order valence-electron chi connectivity index (χ4n) is 1.61. The van der Waals surface area contributed by atoms with E-state index in [0.29, 0.717) is 0 Å². The fraction of sp³-hybridized carbons (Fsp3) is 0.364. The van der Waals surface area contributed by atoms with Crippen molar-refractivity contribution in [1.29, 1.82) is 0 Å². The Morgan fingerprint density at radius 3 is 2.80 bits per heavy atom. The van der Waals surface area contributed by atoms with Crippen molar-refractivity contribution >= 4 is 28.3 Å². The number of nitrogens with zero attached hydrogens (tertiary/aromatic N) is 1. The molecule has 0 saturated carbocycles. The summed E-state index contributed by atoms with van der Waals surface area (Å²) in [5.74, 6) is 0.905. The van der Waals surface area contributed by atoms with Crippen molar-refractivity contribution in [2.45, 2.75) is 12.6 Å². The third kappa shape index (κ3) is 2.51. The van der Waals surface area contributed by atoms with Crippen LogP contribution in [0.1, 0.15) is 5.56 Å². The molecular formula is C11H13NOS2. The molecule has 1 heterocycles. The quantitative estimate of drug-likeness (QED) is 0.814. The predicted molar refractivity (Wildman–Crippen MR) is 67.9 cm³/mol. The summed E-state index contributed by atoms with van der Waals surface area (Å²) in [6, 6.07) is 10.4. The number of hydrogen-bond acceptors (Lipinski definition) is 3. The lowest BCUT2D eigenvalue weighted by Gasteiger charge is -2.23. The summed E-state index contributed by atoms with van der Waals surface area (Å²) in [7, 11) is 0. The molecule has 1 aromatic rings. The SMILES string of the molecule is OCC1CSC(=S)N1Cc1ccccc1. The minimum atomic E-state index is 0.181. The molecule has 0 radical (unpaired) electrons. The molecule has 1 aromatic carbocycles. The average molecular weight is 239 g/mol. The van der Waals surface area contributed by atoms with Gasteiger partial charge in [0.25, 0.3) is 0 Å². The van der Waals surface area contributed by atoms with Gasteiger partial charge in [0.1, 0.15) is 4.32 Å². The van der Waals surface area contributed by atoms with Gasteiger partial charge in [-0.1, -0.05) is 54.3 Å². The number of aliphatic hydroxyl groups is 1. The molecule has 1 saturated heterocycles. The van der Waals surface area contributed by atoms with E-state index in [1.165, 1.54) is 5.56 Å². The molecule has 1 aliphatic rings. The molecule has 0 aliphatic carbocycles. The second kappa shape index (κ2) is 4.96. The van der Waals surface area contributed by atoms with Crippen LogP contribution < -0.4 is 0 Å². The fourth-order valence-corrected chi connectivity index (χ4v) is 3.03. The first-order chi connectivity index (χ1) is 7.31. The molecule has 0 aromatic heterocycles. The van der Waals surface area contributed by atoms with Crippen molar-refractivity contribution < 1.29 is 5.11 Å². The van der Waals surface area contributed by atoms with Crippen LogP contribution in [0.2, 0.25) is 0 Å². The summed E-state index contributed by atoms with van der Waals surface area (Å²) in [6.07, 6.45) is 0. The Hall–Kier alpha value is -0.580. The summed E-state index contributed by atoms with van der Waals surface area (Å²) in [5.41, 5.74) is 1.24. The van der Waals surface area contributed by atoms with E-state index >= 15 is 0 Å². The highest BCUT2D eigenvalue weighted by Gasteiger charge is 2.27. The summed E-state index contributed by atoms with van der Waals surface area (Å²) >= 11 is 6.92. The maximum atomic E-state index is 9.22. The van der Waals surface area contributed by atoms with Crippen LogP contribution in [-0.2, 0) is 6.54 Å². The lowest BCUT2D eigenvalue weighted by atomic mass is 10.2. The van der Waals surface area contributed by atoms with E-state index in [-0.39, 0.29) is 12.6 Å². The summed E-state index contributed by atoms with van der Waals surface area (Å²) < 4.78 is 0.901. The van der Waals surface area contributed by atoms with Gasteiger partial charge in [-0.25, -0.2) is 0 Å². The summed E-state index contributed by atoms with van der Waals surface area (Å²) in [6.45, 7) is 0.984. The molecule has 0 amide bonds. The molecule has 80 valence electrons. The van der Waals surface area contributed by atoms with Crippen LogP contribution in [0.25, 0.3) is 0 Å². The number of rotatable bonds is 3. The Bertz CT molecular complexity index is 342. The van der Waals surface area contributed by atoms with Crippen LogP contribution in [-0.4, -0.2) is 32.7 Å². The third-order valence-electron chi connectivity index (χ3n) is 2.48. The number of thiocarbonyl (C=S) groups is 1. The van der Waals surface area contributed by atoms with Gasteiger partial charge >= 0.3 is 0 Å². The first-order valence-corrected chi connectivity index (χ1v) is 6.29. The highest BCUT2D eigenvalue weighted by Crippen LogP contribution is 2.25. The Morgan fingerprint density at radius 1 is 1.40 bits per heavy atom. The van der Waals surface area contributed by atoms with Crippen LogP contribution in [0.15, 0.2) is 30.3 Å². The third-order valence-corrected chi connectivity index (χ3v) is 4.10. The van der Waals surface area contributed by atoms with Gasteiger partial charge < -0.3 is 10.0 Å². The molecule has 0 spiro atoms. The minimum absolute atomic E-state index is 0.181. The molecule has 1 aliphatic heterocycles. The number of hydrogen-bond donors (Lipinski definition) is 1. The smallest absolute Gasteiger partial charge is 0.137 e. The molecule has 2 rings (SSSR count). The molecular weight excluding hydrogens is 226 g/mol. The topological polar surface area (TPSA) is 23.5 Å². The van der Waals surface area contributed by atoms with Crippen molar-refractivity contribution in [3.63, 3.8) is 0 Å². The summed E-state index contributed by atoms with van der Waals surface area (Å²) in [5, 5.41) is 9.22. The normalized spacial score (nSPS) is 21.0. The van der Waals surface area contributed by atoms with Crippen LogP contribution >= 0.6 is 24.0 Å². The Labute approximate surface area is 99.3 Å². The Balaban J connectivity index is 2.07. The molecule has 1 N–H and O–H groups in total. The second-order valence-corrected chi connectivity index (χ2v) is 5.18. The first kappa shape index (κ1) is 10.9. The van der Waals surface area contributed by atoms with Gasteiger partial charge in [-0.2, -0.15) is 0 Å². The monoisotopic (exact) mass is 239 g/mol. The zero-order chi connectivity index (χ0) is 10.7. The number of benzene rings is 1. The molecule has 1 fully saturated rings. The van der Waals surface area contributed by atoms with Crippen molar-refractivity contribution in [1.82, 2.24) is 4.90 Å². The van der Waals surface area contributed by atoms with E-state index < -0.39 is 0 Å². The van der Waals surface area contributed by atoms with Gasteiger partial charge in [0.15, 0.2) is 0 Å². The van der Waals surface area contributed by atoms with Gasteiger partial charge in [-0.05, 0) is 5.56 Å². The standard InChI is InChI=1S/C11H13NOS2/c13-7-10-8-15-11(14)12(10)6-9-4-2-1-3-5-9/h1-5,10,13H,6-8H2. The van der Waals surface area contributed by atoms with Crippen molar-refractivity contribution in [3.05, 3.63) is 35.9 Å². The van der Waals surface area contributed by atoms with Crippen molar-refractivity contribution in [2.75, 3.05) is 12.4 Å². The van der Waals surface area contributed by atoms with E-state index in [2.05, 4.69) is 17.0 Å². The zero-order valence-electron chi connectivity index (χ0n) is 8.30. The molecule has 0 bridgehead atoms. The van der Waals surface area contributed by atoms with Crippen LogP contribution in [0.3, 0.4) is 0 Å². The molecule has 15 heavy (non-hydrogen) atoms. The average Bonchev–Trinajstić information content (AvgIpc) is 2.62. The minimum Gasteiger partial charge on any atom is -0.394 e. The highest BCUT2D eigenvalue weighted by molar-refractivity contribution is 8.23. The van der Waals surface area contributed by atoms with E-state index in [4.69, 9.17) is 12.2 Å². The molecule has 1 unspecified atom stereocenters. The maximum absolute atomic E-state index is 9.22. The predicted octanol–water partition coefficient (Wildman–Crippen LogP) is 1.88. The van der Waals surface area contributed by atoms with Crippen LogP contribution in [0.4, 0.5) is 0 Å². The molecule has 4 heteroatoms. The second-order valence-electron chi connectivity index (χ2n) is 3.53. The zero-order valence-corrected chi connectivity index (χ0v) is 9.93. The lowest BCUT2D eigenvalue weighted by molar-refractivity contribution is 0.199. The van der Waals surface area contributed by atoms with Gasteiger partial charge in [-0.3, -0.25) is 0 Å². The van der Waals surface area contributed by atoms with E-state index in [0.717, 1.165) is 16.6 Å². The molecule has 1 atom stereocenters. The largest absolute Gasteiger partial charge is 0.394 e. The number of aliphatic hydroxyl groups excluding tert-OH is 1. The Morgan fingerprint density at radius 2 is 2.13 bits per heavy atom. The van der Waals surface area contributed by atoms with Crippen molar-refractivity contribution in [3.8, 4) is 0 Å². The van der Waals surface area contributed by atoms with Crippen molar-refractivity contribution in [2.24, 2.45) is 0 Å². The lowest BCUT2D eigenvalue weighted by Crippen LogP contribution is -2.35. The van der Waals surface area contributed by atoms with E-state index in [9.17, 15) is 5.11 Å². The number of thioether (sulfide) groups is 1. The van der Waals surface area contributed by atoms with Crippen LogP contribution in [0.5, 0.6) is 0 Å². The van der Waals surface area contributed by atoms with E-state index in [1.54, 1.807) is 11.8 Å².